The Morgan fingerprint density at radius 1 is 1.05 bits per heavy atom. The van der Waals surface area contributed by atoms with E-state index in [0.29, 0.717) is 12.8 Å². The molecule has 2 rings (SSSR count). The van der Waals surface area contributed by atoms with Crippen LogP contribution >= 0.6 is 0 Å². The lowest BCUT2D eigenvalue weighted by Gasteiger charge is -2.39. The molecular weight excluding hydrogens is 256 g/mol. The van der Waals surface area contributed by atoms with E-state index in [2.05, 4.69) is 24.5 Å². The predicted molar refractivity (Wildman–Crippen MR) is 76.5 cm³/mol. The Kier molecular flexibility index (Phi) is 4.25. The van der Waals surface area contributed by atoms with Crippen LogP contribution in [0.15, 0.2) is 0 Å². The van der Waals surface area contributed by atoms with Crippen LogP contribution in [0.3, 0.4) is 0 Å². The van der Waals surface area contributed by atoms with E-state index in [1.807, 2.05) is 0 Å². The quantitative estimate of drug-likeness (QED) is 0.744. The van der Waals surface area contributed by atoms with Crippen LogP contribution in [0, 0.1) is 5.41 Å². The molecule has 2 aliphatic carbocycles. The van der Waals surface area contributed by atoms with Gasteiger partial charge in [-0.2, -0.15) is 0 Å². The molecule has 0 aromatic rings. The molecule has 0 aromatic heterocycles. The number of amides is 2. The van der Waals surface area contributed by atoms with Gasteiger partial charge in [0.2, 0.25) is 0 Å². The highest BCUT2D eigenvalue weighted by Crippen LogP contribution is 2.35. The third kappa shape index (κ3) is 3.07. The summed E-state index contributed by atoms with van der Waals surface area (Å²) in [5.74, 6) is -0.909. The van der Waals surface area contributed by atoms with E-state index in [9.17, 15) is 14.7 Å². The zero-order valence-corrected chi connectivity index (χ0v) is 12.5. The molecule has 2 fully saturated rings. The predicted octanol–water partition coefficient (Wildman–Crippen LogP) is 2.65. The molecule has 0 bridgehead atoms. The summed E-state index contributed by atoms with van der Waals surface area (Å²) in [6, 6.07) is -0.197. The fourth-order valence-electron chi connectivity index (χ4n) is 3.54. The maximum Gasteiger partial charge on any atom is 0.329 e. The van der Waals surface area contributed by atoms with Crippen molar-refractivity contribution < 1.29 is 14.7 Å². The zero-order valence-electron chi connectivity index (χ0n) is 12.5. The van der Waals surface area contributed by atoms with Crippen LogP contribution in [0.2, 0.25) is 0 Å². The molecule has 2 aliphatic rings. The average Bonchev–Trinajstić information content (AvgIpc) is 2.81. The Hall–Kier alpha value is -1.26. The third-order valence-electron chi connectivity index (χ3n) is 5.03. The molecule has 0 saturated heterocycles. The molecule has 2 saturated carbocycles. The first-order valence-corrected chi connectivity index (χ1v) is 7.68. The van der Waals surface area contributed by atoms with Gasteiger partial charge in [-0.1, -0.05) is 39.5 Å². The average molecular weight is 282 g/mol. The van der Waals surface area contributed by atoms with Crippen LogP contribution in [0.1, 0.15) is 65.2 Å². The van der Waals surface area contributed by atoms with E-state index < -0.39 is 11.5 Å². The Morgan fingerprint density at radius 3 is 2.20 bits per heavy atom. The van der Waals surface area contributed by atoms with Crippen molar-refractivity contribution in [1.82, 2.24) is 10.6 Å². The van der Waals surface area contributed by atoms with Gasteiger partial charge in [0.05, 0.1) is 0 Å². The first kappa shape index (κ1) is 15.1. The van der Waals surface area contributed by atoms with Crippen LogP contribution < -0.4 is 10.6 Å². The minimum absolute atomic E-state index is 0.0850. The van der Waals surface area contributed by atoms with Gasteiger partial charge in [-0.15, -0.1) is 0 Å². The summed E-state index contributed by atoms with van der Waals surface area (Å²) in [4.78, 5) is 23.6. The fraction of sp³-hybridized carbons (Fsp3) is 0.867. The van der Waals surface area contributed by atoms with Crippen molar-refractivity contribution in [2.45, 2.75) is 76.8 Å². The number of carboxylic acids is 1. The van der Waals surface area contributed by atoms with Crippen molar-refractivity contribution >= 4 is 12.0 Å². The minimum atomic E-state index is -1.05. The smallest absolute Gasteiger partial charge is 0.329 e. The number of hydrogen-bond donors (Lipinski definition) is 3. The number of rotatable bonds is 3. The molecule has 5 heteroatoms. The van der Waals surface area contributed by atoms with Crippen molar-refractivity contribution in [1.29, 1.82) is 0 Å². The zero-order chi connectivity index (χ0) is 14.8. The van der Waals surface area contributed by atoms with Crippen molar-refractivity contribution in [3.63, 3.8) is 0 Å². The first-order valence-electron chi connectivity index (χ1n) is 7.68. The van der Waals surface area contributed by atoms with Gasteiger partial charge in [-0.3, -0.25) is 0 Å². The number of carbonyl (C=O) groups excluding carboxylic acids is 1. The Morgan fingerprint density at radius 2 is 1.65 bits per heavy atom. The Bertz CT molecular complexity index is 387. The summed E-state index contributed by atoms with van der Waals surface area (Å²) in [5, 5.41) is 15.1. The molecule has 0 radical (unpaired) electrons. The topological polar surface area (TPSA) is 78.4 Å². The normalized spacial score (nSPS) is 27.8. The number of nitrogens with one attached hydrogen (secondary N) is 2. The number of carboxylic acid groups (broad SMARTS) is 1. The number of urea groups is 1. The molecule has 0 aromatic carbocycles. The van der Waals surface area contributed by atoms with E-state index in [0.717, 1.165) is 32.1 Å². The van der Waals surface area contributed by atoms with Gasteiger partial charge in [0.15, 0.2) is 0 Å². The molecule has 0 aliphatic heterocycles. The van der Waals surface area contributed by atoms with E-state index >= 15 is 0 Å². The SMILES string of the molecule is CC1(C)CCCCC1NC(=O)NC1(C(=O)O)CCCC1. The van der Waals surface area contributed by atoms with Gasteiger partial charge in [0.1, 0.15) is 5.54 Å². The largest absolute Gasteiger partial charge is 0.480 e. The van der Waals surface area contributed by atoms with Crippen LogP contribution in [-0.2, 0) is 4.79 Å². The Balaban J connectivity index is 1.96. The second-order valence-corrected chi connectivity index (χ2v) is 6.98. The van der Waals surface area contributed by atoms with Crippen LogP contribution in [0.4, 0.5) is 4.79 Å². The van der Waals surface area contributed by atoms with Gasteiger partial charge < -0.3 is 15.7 Å². The molecule has 1 unspecified atom stereocenters. The molecule has 2 amide bonds. The summed E-state index contributed by atoms with van der Waals surface area (Å²) in [6.07, 6.45) is 7.18. The van der Waals surface area contributed by atoms with E-state index in [1.165, 1.54) is 6.42 Å². The minimum Gasteiger partial charge on any atom is -0.480 e. The van der Waals surface area contributed by atoms with Crippen LogP contribution in [-0.4, -0.2) is 28.7 Å². The summed E-state index contributed by atoms with van der Waals surface area (Å²) in [5.41, 5.74) is -0.968. The maximum absolute atomic E-state index is 12.2. The highest BCUT2D eigenvalue weighted by molar-refractivity contribution is 5.86. The second-order valence-electron chi connectivity index (χ2n) is 6.98. The number of hydrogen-bond acceptors (Lipinski definition) is 2. The van der Waals surface area contributed by atoms with E-state index in [-0.39, 0.29) is 17.5 Å². The van der Waals surface area contributed by atoms with Crippen LogP contribution in [0.25, 0.3) is 0 Å². The number of carbonyl (C=O) groups is 2. The second kappa shape index (κ2) is 5.62. The fourth-order valence-corrected chi connectivity index (χ4v) is 3.54. The van der Waals surface area contributed by atoms with Crippen LogP contribution in [0.5, 0.6) is 0 Å². The third-order valence-corrected chi connectivity index (χ3v) is 5.03. The molecule has 0 spiro atoms. The molecule has 5 nitrogen and oxygen atoms in total. The summed E-state index contributed by atoms with van der Waals surface area (Å²) < 4.78 is 0. The van der Waals surface area contributed by atoms with Gasteiger partial charge in [0.25, 0.3) is 0 Å². The monoisotopic (exact) mass is 282 g/mol. The van der Waals surface area contributed by atoms with Gasteiger partial charge in [0, 0.05) is 6.04 Å². The van der Waals surface area contributed by atoms with Crippen molar-refractivity contribution in [2.75, 3.05) is 0 Å². The standard InChI is InChI=1S/C15H26N2O3/c1-14(2)8-4-3-7-11(14)16-13(20)17-15(12(18)19)9-5-6-10-15/h11H,3-10H2,1-2H3,(H,18,19)(H2,16,17,20). The van der Waals surface area contributed by atoms with E-state index in [4.69, 9.17) is 0 Å². The molecule has 1 atom stereocenters. The van der Waals surface area contributed by atoms with Crippen molar-refractivity contribution in [2.24, 2.45) is 5.41 Å². The van der Waals surface area contributed by atoms with Gasteiger partial charge in [-0.05, 0) is 31.1 Å². The van der Waals surface area contributed by atoms with Crippen molar-refractivity contribution in [3.8, 4) is 0 Å². The molecular formula is C15H26N2O3. The molecule has 0 heterocycles. The van der Waals surface area contributed by atoms with E-state index in [1.54, 1.807) is 0 Å². The molecule has 3 N–H and O–H groups in total. The first-order chi connectivity index (χ1) is 9.36. The molecule has 20 heavy (non-hydrogen) atoms. The lowest BCUT2D eigenvalue weighted by Crippen LogP contribution is -2.58. The highest BCUT2D eigenvalue weighted by Gasteiger charge is 2.43. The lowest BCUT2D eigenvalue weighted by atomic mass is 9.73. The van der Waals surface area contributed by atoms with Gasteiger partial charge >= 0.3 is 12.0 Å². The number of aliphatic carboxylic acids is 1. The van der Waals surface area contributed by atoms with Crippen molar-refractivity contribution in [3.05, 3.63) is 0 Å². The highest BCUT2D eigenvalue weighted by atomic mass is 16.4. The summed E-state index contributed by atoms with van der Waals surface area (Å²) in [6.45, 7) is 4.33. The lowest BCUT2D eigenvalue weighted by molar-refractivity contribution is -0.144. The molecule has 114 valence electrons. The summed E-state index contributed by atoms with van der Waals surface area (Å²) in [7, 11) is 0. The maximum atomic E-state index is 12.2. The summed E-state index contributed by atoms with van der Waals surface area (Å²) >= 11 is 0. The van der Waals surface area contributed by atoms with Gasteiger partial charge in [-0.25, -0.2) is 9.59 Å². The Labute approximate surface area is 120 Å².